The Bertz CT molecular complexity index is 1240. The van der Waals surface area contributed by atoms with Crippen molar-refractivity contribution in [2.24, 2.45) is 14.1 Å². The zero-order valence-corrected chi connectivity index (χ0v) is 16.1. The summed E-state index contributed by atoms with van der Waals surface area (Å²) in [6.07, 6.45) is 0.714. The number of fused-ring (bicyclic) bond motifs is 1. The van der Waals surface area contributed by atoms with Crippen molar-refractivity contribution in [2.45, 2.75) is 25.8 Å². The summed E-state index contributed by atoms with van der Waals surface area (Å²) in [4.78, 5) is 53.9. The van der Waals surface area contributed by atoms with Crippen LogP contribution in [0.4, 0.5) is 5.95 Å². The minimum Gasteiger partial charge on any atom is -0.302 e. The average molecular weight is 396 g/mol. The standard InChI is InChI=1S/C19H20N6O4/c1-22-16-15(17(28)23(2)19(22)29)24(11-10-12-6-4-3-5-7-12)18(20-16)25-14(27)9-8-13(26)21-25/h3-7H,8-11H2,1-2H3,(H,21,26). The van der Waals surface area contributed by atoms with Crippen LogP contribution in [0.2, 0.25) is 0 Å². The molecule has 150 valence electrons. The van der Waals surface area contributed by atoms with Gasteiger partial charge in [0.05, 0.1) is 0 Å². The Labute approximate surface area is 165 Å². The van der Waals surface area contributed by atoms with Crippen molar-refractivity contribution in [3.8, 4) is 0 Å². The third-order valence-corrected chi connectivity index (χ3v) is 5.05. The van der Waals surface area contributed by atoms with Crippen molar-refractivity contribution >= 4 is 28.9 Å². The lowest BCUT2D eigenvalue weighted by molar-refractivity contribution is -0.131. The second kappa shape index (κ2) is 7.04. The van der Waals surface area contributed by atoms with Gasteiger partial charge in [-0.3, -0.25) is 28.9 Å². The monoisotopic (exact) mass is 396 g/mol. The fourth-order valence-electron chi connectivity index (χ4n) is 3.44. The van der Waals surface area contributed by atoms with Crippen LogP contribution in [0.15, 0.2) is 39.9 Å². The lowest BCUT2D eigenvalue weighted by Crippen LogP contribution is -2.51. The molecule has 1 N–H and O–H groups in total. The second-order valence-corrected chi connectivity index (χ2v) is 6.94. The van der Waals surface area contributed by atoms with Crippen molar-refractivity contribution in [2.75, 3.05) is 5.01 Å². The molecule has 1 aliphatic rings. The number of carbonyl (C=O) groups excluding carboxylic acids is 2. The van der Waals surface area contributed by atoms with Crippen LogP contribution in [0, 0.1) is 0 Å². The van der Waals surface area contributed by atoms with E-state index in [1.807, 2.05) is 30.3 Å². The molecule has 1 saturated heterocycles. The molecule has 3 heterocycles. The molecule has 0 atom stereocenters. The van der Waals surface area contributed by atoms with Gasteiger partial charge < -0.3 is 4.57 Å². The Kier molecular flexibility index (Phi) is 4.53. The Morgan fingerprint density at radius 3 is 2.45 bits per heavy atom. The van der Waals surface area contributed by atoms with Crippen LogP contribution < -0.4 is 21.7 Å². The molecule has 1 aliphatic heterocycles. The largest absolute Gasteiger partial charge is 0.332 e. The number of imidazole rings is 1. The summed E-state index contributed by atoms with van der Waals surface area (Å²) in [6.45, 7) is 0.336. The summed E-state index contributed by atoms with van der Waals surface area (Å²) in [5.41, 5.74) is 2.89. The Hall–Kier alpha value is -3.69. The quantitative estimate of drug-likeness (QED) is 0.658. The molecule has 3 aromatic rings. The van der Waals surface area contributed by atoms with Crippen LogP contribution in [0.3, 0.4) is 0 Å². The molecule has 10 nitrogen and oxygen atoms in total. The maximum atomic E-state index is 12.9. The van der Waals surface area contributed by atoms with Crippen LogP contribution in [0.25, 0.3) is 11.2 Å². The van der Waals surface area contributed by atoms with E-state index in [4.69, 9.17) is 0 Å². The van der Waals surface area contributed by atoms with E-state index in [-0.39, 0.29) is 41.8 Å². The van der Waals surface area contributed by atoms with E-state index < -0.39 is 11.2 Å². The lowest BCUT2D eigenvalue weighted by Gasteiger charge is -2.26. The number of nitrogens with one attached hydrogen (secondary N) is 1. The maximum absolute atomic E-state index is 12.9. The number of carbonyl (C=O) groups is 2. The summed E-state index contributed by atoms with van der Waals surface area (Å²) in [6, 6.07) is 9.66. The molecule has 0 saturated carbocycles. The van der Waals surface area contributed by atoms with Crippen molar-refractivity contribution in [1.82, 2.24) is 24.1 Å². The van der Waals surface area contributed by atoms with Gasteiger partial charge in [-0.1, -0.05) is 30.3 Å². The number of anilines is 1. The molecule has 0 spiro atoms. The molecule has 0 unspecified atom stereocenters. The smallest absolute Gasteiger partial charge is 0.302 e. The molecule has 0 bridgehead atoms. The van der Waals surface area contributed by atoms with E-state index in [0.29, 0.717) is 13.0 Å². The normalized spacial score (nSPS) is 14.5. The number of nitrogens with zero attached hydrogens (tertiary/aromatic N) is 5. The first-order valence-electron chi connectivity index (χ1n) is 9.21. The first-order valence-corrected chi connectivity index (χ1v) is 9.21. The summed E-state index contributed by atoms with van der Waals surface area (Å²) < 4.78 is 3.85. The minimum absolute atomic E-state index is 0.0463. The van der Waals surface area contributed by atoms with E-state index in [1.54, 1.807) is 4.57 Å². The minimum atomic E-state index is -0.518. The van der Waals surface area contributed by atoms with Gasteiger partial charge in [0.15, 0.2) is 11.2 Å². The summed E-state index contributed by atoms with van der Waals surface area (Å²) >= 11 is 0. The van der Waals surface area contributed by atoms with Crippen molar-refractivity contribution < 1.29 is 9.59 Å². The highest BCUT2D eigenvalue weighted by molar-refractivity contribution is 6.00. The number of hydrogen-bond acceptors (Lipinski definition) is 5. The van der Waals surface area contributed by atoms with E-state index >= 15 is 0 Å². The summed E-state index contributed by atoms with van der Waals surface area (Å²) in [7, 11) is 2.91. The van der Waals surface area contributed by atoms with E-state index in [9.17, 15) is 19.2 Å². The molecule has 29 heavy (non-hydrogen) atoms. The SMILES string of the molecule is Cn1c(=O)c2c(nc(N3NC(=O)CCC3=O)n2CCc2ccccc2)n(C)c1=O. The number of rotatable bonds is 4. The van der Waals surface area contributed by atoms with Gasteiger partial charge in [-0.15, -0.1) is 0 Å². The molecule has 1 fully saturated rings. The number of hydrazine groups is 1. The highest BCUT2D eigenvalue weighted by Crippen LogP contribution is 2.22. The number of amides is 2. The van der Waals surface area contributed by atoms with E-state index in [2.05, 4.69) is 10.4 Å². The molecular formula is C19H20N6O4. The molecule has 10 heteroatoms. The number of aromatic nitrogens is 4. The fourth-order valence-corrected chi connectivity index (χ4v) is 3.44. The van der Waals surface area contributed by atoms with E-state index in [1.165, 1.54) is 18.7 Å². The zero-order valence-electron chi connectivity index (χ0n) is 16.1. The molecule has 4 rings (SSSR count). The van der Waals surface area contributed by atoms with Gasteiger partial charge in [0.1, 0.15) is 0 Å². The van der Waals surface area contributed by atoms with Crippen molar-refractivity contribution in [3.05, 3.63) is 56.7 Å². The molecule has 2 amide bonds. The van der Waals surface area contributed by atoms with Crippen molar-refractivity contribution in [1.29, 1.82) is 0 Å². The van der Waals surface area contributed by atoms with Gasteiger partial charge in [0.25, 0.3) is 5.56 Å². The molecule has 0 aliphatic carbocycles. The van der Waals surface area contributed by atoms with Gasteiger partial charge in [-0.25, -0.2) is 4.79 Å². The number of benzene rings is 1. The van der Waals surface area contributed by atoms with Crippen LogP contribution in [-0.4, -0.2) is 30.5 Å². The third kappa shape index (κ3) is 3.12. The summed E-state index contributed by atoms with van der Waals surface area (Å²) in [5, 5.41) is 1.07. The first kappa shape index (κ1) is 18.7. The lowest BCUT2D eigenvalue weighted by atomic mass is 10.1. The maximum Gasteiger partial charge on any atom is 0.332 e. The summed E-state index contributed by atoms with van der Waals surface area (Å²) in [5.74, 6) is -0.525. The second-order valence-electron chi connectivity index (χ2n) is 6.94. The number of hydrogen-bond donors (Lipinski definition) is 1. The Morgan fingerprint density at radius 2 is 1.72 bits per heavy atom. The topological polar surface area (TPSA) is 111 Å². The zero-order chi connectivity index (χ0) is 20.7. The van der Waals surface area contributed by atoms with Crippen LogP contribution in [-0.2, 0) is 36.6 Å². The van der Waals surface area contributed by atoms with Gasteiger partial charge in [0.2, 0.25) is 17.8 Å². The first-order chi connectivity index (χ1) is 13.9. The Morgan fingerprint density at radius 1 is 1.00 bits per heavy atom. The average Bonchev–Trinajstić information content (AvgIpc) is 3.11. The van der Waals surface area contributed by atoms with Gasteiger partial charge in [0, 0.05) is 33.5 Å². The predicted octanol–water partition coefficient (Wildman–Crippen LogP) is -0.166. The van der Waals surface area contributed by atoms with Gasteiger partial charge in [-0.05, 0) is 12.0 Å². The molecule has 1 aromatic carbocycles. The van der Waals surface area contributed by atoms with E-state index in [0.717, 1.165) is 15.1 Å². The highest BCUT2D eigenvalue weighted by Gasteiger charge is 2.30. The van der Waals surface area contributed by atoms with Crippen molar-refractivity contribution in [3.63, 3.8) is 0 Å². The molecule has 0 radical (unpaired) electrons. The fraction of sp³-hybridized carbons (Fsp3) is 0.316. The number of aryl methyl sites for hydroxylation is 3. The van der Waals surface area contributed by atoms with Crippen LogP contribution in [0.5, 0.6) is 0 Å². The highest BCUT2D eigenvalue weighted by atomic mass is 16.2. The van der Waals surface area contributed by atoms with Gasteiger partial charge >= 0.3 is 5.69 Å². The molecule has 2 aromatic heterocycles. The third-order valence-electron chi connectivity index (χ3n) is 5.05. The van der Waals surface area contributed by atoms with Crippen LogP contribution >= 0.6 is 0 Å². The Balaban J connectivity index is 1.91. The van der Waals surface area contributed by atoms with Gasteiger partial charge in [-0.2, -0.15) is 9.99 Å². The van der Waals surface area contributed by atoms with Crippen LogP contribution in [0.1, 0.15) is 18.4 Å². The predicted molar refractivity (Wildman–Crippen MR) is 105 cm³/mol. The molecular weight excluding hydrogens is 376 g/mol.